The Hall–Kier alpha value is -3.72. The first-order valence-electron chi connectivity index (χ1n) is 9.09. The van der Waals surface area contributed by atoms with E-state index in [0.29, 0.717) is 0 Å². The van der Waals surface area contributed by atoms with Gasteiger partial charge in [-0.05, 0) is 23.8 Å². The minimum absolute atomic E-state index is 1.05. The summed E-state index contributed by atoms with van der Waals surface area (Å²) in [6.45, 7) is 0. The van der Waals surface area contributed by atoms with Crippen LogP contribution in [0.25, 0.3) is 54.7 Å². The monoisotopic (exact) mass is 347 g/mol. The predicted molar refractivity (Wildman–Crippen MR) is 114 cm³/mol. The van der Waals surface area contributed by atoms with Crippen LogP contribution < -0.4 is 5.84 Å². The number of benzene rings is 4. The molecule has 2 aromatic heterocycles. The summed E-state index contributed by atoms with van der Waals surface area (Å²) in [5.74, 6) is 6.50. The molecule has 0 aliphatic heterocycles. The van der Waals surface area contributed by atoms with Crippen LogP contribution in [0.2, 0.25) is 0 Å². The van der Waals surface area contributed by atoms with Crippen LogP contribution in [0.3, 0.4) is 0 Å². The fourth-order valence-electron chi connectivity index (χ4n) is 4.31. The molecular formula is C24H17N3. The molecule has 128 valence electrons. The number of aromatic nitrogens is 2. The van der Waals surface area contributed by atoms with Crippen LogP contribution in [-0.4, -0.2) is 9.66 Å². The van der Waals surface area contributed by atoms with Crippen molar-refractivity contribution in [1.29, 1.82) is 0 Å². The summed E-state index contributed by atoms with van der Waals surface area (Å²) in [5, 5.41) is 4.87. The van der Waals surface area contributed by atoms with Crippen molar-refractivity contribution in [2.24, 2.45) is 0 Å². The lowest BCUT2D eigenvalue weighted by Gasteiger charge is -2.07. The number of nitrogens with zero attached hydrogens (tertiary/aromatic N) is 1. The molecule has 0 atom stereocenters. The van der Waals surface area contributed by atoms with E-state index < -0.39 is 0 Å². The van der Waals surface area contributed by atoms with Gasteiger partial charge in [0.05, 0.1) is 11.0 Å². The van der Waals surface area contributed by atoms with Crippen LogP contribution in [0.15, 0.2) is 84.9 Å². The second-order valence-electron chi connectivity index (χ2n) is 7.02. The second-order valence-corrected chi connectivity index (χ2v) is 7.02. The van der Waals surface area contributed by atoms with Crippen molar-refractivity contribution >= 4 is 43.6 Å². The van der Waals surface area contributed by atoms with E-state index in [1.165, 1.54) is 21.5 Å². The van der Waals surface area contributed by atoms with Crippen LogP contribution in [-0.2, 0) is 0 Å². The van der Waals surface area contributed by atoms with E-state index in [1.54, 1.807) is 0 Å². The van der Waals surface area contributed by atoms with Crippen molar-refractivity contribution in [3.63, 3.8) is 0 Å². The largest absolute Gasteiger partial charge is 0.354 e. The van der Waals surface area contributed by atoms with Crippen molar-refractivity contribution < 1.29 is 0 Å². The van der Waals surface area contributed by atoms with Gasteiger partial charge in [-0.25, -0.2) is 0 Å². The van der Waals surface area contributed by atoms with Crippen LogP contribution in [0.5, 0.6) is 0 Å². The first kappa shape index (κ1) is 14.4. The molecular weight excluding hydrogens is 330 g/mol. The number of hydrogen-bond donors (Lipinski definition) is 2. The SMILES string of the molecule is Nn1c2ccccc2c2cccc(-c3ccc4c(c3)[nH]c3ccccc34)c21. The molecule has 4 aromatic carbocycles. The Bertz CT molecular complexity index is 1480. The summed E-state index contributed by atoms with van der Waals surface area (Å²) >= 11 is 0. The van der Waals surface area contributed by atoms with E-state index in [1.807, 2.05) is 10.7 Å². The van der Waals surface area contributed by atoms with Gasteiger partial charge in [-0.15, -0.1) is 0 Å². The van der Waals surface area contributed by atoms with Crippen molar-refractivity contribution in [2.75, 3.05) is 5.84 Å². The molecule has 27 heavy (non-hydrogen) atoms. The summed E-state index contributed by atoms with van der Waals surface area (Å²) in [7, 11) is 0. The molecule has 2 heterocycles. The zero-order chi connectivity index (χ0) is 18.0. The van der Waals surface area contributed by atoms with Gasteiger partial charge in [0.1, 0.15) is 0 Å². The minimum atomic E-state index is 1.05. The van der Waals surface area contributed by atoms with E-state index in [0.717, 1.165) is 33.2 Å². The maximum Gasteiger partial charge on any atom is 0.0781 e. The summed E-state index contributed by atoms with van der Waals surface area (Å²) < 4.78 is 1.81. The van der Waals surface area contributed by atoms with Crippen molar-refractivity contribution in [3.8, 4) is 11.1 Å². The van der Waals surface area contributed by atoms with E-state index in [4.69, 9.17) is 5.84 Å². The highest BCUT2D eigenvalue weighted by Crippen LogP contribution is 2.36. The number of nitrogens with one attached hydrogen (secondary N) is 1. The van der Waals surface area contributed by atoms with Gasteiger partial charge < -0.3 is 10.8 Å². The molecule has 6 aromatic rings. The molecule has 0 aliphatic rings. The Labute approximate surface area is 155 Å². The molecule has 6 rings (SSSR count). The second kappa shape index (κ2) is 5.15. The summed E-state index contributed by atoms with van der Waals surface area (Å²) in [6.07, 6.45) is 0. The number of H-pyrrole nitrogens is 1. The molecule has 3 nitrogen and oxygen atoms in total. The quantitative estimate of drug-likeness (QED) is 0.362. The third-order valence-corrected chi connectivity index (χ3v) is 5.55. The van der Waals surface area contributed by atoms with E-state index in [2.05, 4.69) is 83.8 Å². The molecule has 0 unspecified atom stereocenters. The number of nitrogen functional groups attached to an aromatic ring is 1. The average molecular weight is 347 g/mol. The Morgan fingerprint density at radius 2 is 1.37 bits per heavy atom. The van der Waals surface area contributed by atoms with Crippen LogP contribution in [0.4, 0.5) is 0 Å². The highest BCUT2D eigenvalue weighted by Gasteiger charge is 2.14. The molecule has 0 aliphatic carbocycles. The highest BCUT2D eigenvalue weighted by molar-refractivity contribution is 6.14. The first-order valence-corrected chi connectivity index (χ1v) is 9.09. The Kier molecular flexibility index (Phi) is 2.75. The van der Waals surface area contributed by atoms with Gasteiger partial charge in [-0.3, -0.25) is 4.68 Å². The molecule has 0 saturated carbocycles. The third kappa shape index (κ3) is 1.91. The Morgan fingerprint density at radius 3 is 2.30 bits per heavy atom. The lowest BCUT2D eigenvalue weighted by molar-refractivity contribution is 1.12. The van der Waals surface area contributed by atoms with Gasteiger partial charge in [0.25, 0.3) is 0 Å². The number of para-hydroxylation sites is 3. The highest BCUT2D eigenvalue weighted by atomic mass is 15.3. The van der Waals surface area contributed by atoms with Crippen LogP contribution in [0.1, 0.15) is 0 Å². The fourth-order valence-corrected chi connectivity index (χ4v) is 4.31. The fraction of sp³-hybridized carbons (Fsp3) is 0. The lowest BCUT2D eigenvalue weighted by atomic mass is 10.0. The van der Waals surface area contributed by atoms with Crippen molar-refractivity contribution in [1.82, 2.24) is 9.66 Å². The van der Waals surface area contributed by atoms with E-state index in [9.17, 15) is 0 Å². The van der Waals surface area contributed by atoms with Gasteiger partial charge >= 0.3 is 0 Å². The third-order valence-electron chi connectivity index (χ3n) is 5.55. The van der Waals surface area contributed by atoms with Gasteiger partial charge in [-0.2, -0.15) is 0 Å². The smallest absolute Gasteiger partial charge is 0.0781 e. The number of nitrogens with two attached hydrogens (primary N) is 1. The van der Waals surface area contributed by atoms with Gasteiger partial charge in [0.15, 0.2) is 0 Å². The number of fused-ring (bicyclic) bond motifs is 6. The first-order chi connectivity index (χ1) is 13.3. The van der Waals surface area contributed by atoms with E-state index >= 15 is 0 Å². The predicted octanol–water partition coefficient (Wildman–Crippen LogP) is 5.81. The van der Waals surface area contributed by atoms with Crippen LogP contribution in [0, 0.1) is 0 Å². The summed E-state index contributed by atoms with van der Waals surface area (Å²) in [5.41, 5.74) is 6.72. The number of hydrogen-bond acceptors (Lipinski definition) is 1. The van der Waals surface area contributed by atoms with Crippen molar-refractivity contribution in [2.45, 2.75) is 0 Å². The average Bonchev–Trinajstić information content (AvgIpc) is 3.24. The summed E-state index contributed by atoms with van der Waals surface area (Å²) in [6, 6.07) is 29.7. The minimum Gasteiger partial charge on any atom is -0.354 e. The summed E-state index contributed by atoms with van der Waals surface area (Å²) in [4.78, 5) is 3.54. The Morgan fingerprint density at radius 1 is 0.630 bits per heavy atom. The van der Waals surface area contributed by atoms with Crippen molar-refractivity contribution in [3.05, 3.63) is 84.9 Å². The molecule has 3 N–H and O–H groups in total. The number of rotatable bonds is 1. The Balaban J connectivity index is 1.69. The van der Waals surface area contributed by atoms with Gasteiger partial charge in [0.2, 0.25) is 0 Å². The van der Waals surface area contributed by atoms with E-state index in [-0.39, 0.29) is 0 Å². The lowest BCUT2D eigenvalue weighted by Crippen LogP contribution is -2.07. The maximum absolute atomic E-state index is 6.50. The zero-order valence-corrected chi connectivity index (χ0v) is 14.6. The van der Waals surface area contributed by atoms with Gasteiger partial charge in [0, 0.05) is 38.1 Å². The molecule has 0 fully saturated rings. The zero-order valence-electron chi connectivity index (χ0n) is 14.6. The van der Waals surface area contributed by atoms with Crippen LogP contribution >= 0.6 is 0 Å². The maximum atomic E-state index is 6.50. The van der Waals surface area contributed by atoms with Gasteiger partial charge in [-0.1, -0.05) is 66.7 Å². The normalized spacial score (nSPS) is 11.9. The standard InChI is InChI=1S/C24H17N3/c25-27-23-11-4-2-7-19(23)20-9-5-8-16(24(20)27)15-12-13-18-17-6-1-3-10-21(17)26-22(18)14-15/h1-14,26H,25H2. The molecule has 0 bridgehead atoms. The molecule has 0 spiro atoms. The number of aromatic amines is 1. The molecule has 0 amide bonds. The molecule has 0 radical (unpaired) electrons. The molecule has 0 saturated heterocycles. The topological polar surface area (TPSA) is 46.7 Å². The molecule has 3 heteroatoms.